The van der Waals surface area contributed by atoms with E-state index in [-0.39, 0.29) is 17.0 Å². The number of fused-ring (bicyclic) bond motifs is 2. The van der Waals surface area contributed by atoms with Crippen LogP contribution in [-0.2, 0) is 19.3 Å². The van der Waals surface area contributed by atoms with Gasteiger partial charge in [-0.2, -0.15) is 5.01 Å². The van der Waals surface area contributed by atoms with Crippen LogP contribution in [0, 0.1) is 6.92 Å². The summed E-state index contributed by atoms with van der Waals surface area (Å²) in [5.41, 5.74) is 2.33. The van der Waals surface area contributed by atoms with Crippen molar-refractivity contribution in [2.24, 2.45) is 5.10 Å². The molecule has 2 aliphatic rings. The van der Waals surface area contributed by atoms with Crippen LogP contribution in [0.1, 0.15) is 31.4 Å². The zero-order chi connectivity index (χ0) is 24.5. The number of amidine groups is 1. The van der Waals surface area contributed by atoms with Gasteiger partial charge in [0.2, 0.25) is 16.7 Å². The van der Waals surface area contributed by atoms with E-state index in [0.29, 0.717) is 36.6 Å². The van der Waals surface area contributed by atoms with Crippen LogP contribution in [-0.4, -0.2) is 48.2 Å². The highest BCUT2D eigenvalue weighted by atomic mass is 32.2. The van der Waals surface area contributed by atoms with Gasteiger partial charge in [-0.05, 0) is 42.8 Å². The normalized spacial score (nSPS) is 18.7. The molecule has 0 aliphatic carbocycles. The SMILES string of the molecule is COc1ccccc1OCCCN1C(=O)[C@]2(SC(NC(C)=O)=NN2C(C)=O)c2cccc(C)c21. The lowest BCUT2D eigenvalue weighted by Crippen LogP contribution is -2.48. The number of nitrogens with zero attached hydrogens (tertiary/aromatic N) is 3. The molecule has 2 aromatic carbocycles. The van der Waals surface area contributed by atoms with Crippen LogP contribution in [0.3, 0.4) is 0 Å². The minimum Gasteiger partial charge on any atom is -0.493 e. The molecule has 1 atom stereocenters. The number of para-hydroxylation sites is 3. The van der Waals surface area contributed by atoms with Gasteiger partial charge in [0.15, 0.2) is 16.7 Å². The van der Waals surface area contributed by atoms with Gasteiger partial charge >= 0.3 is 0 Å². The molecule has 0 unspecified atom stereocenters. The van der Waals surface area contributed by atoms with Crippen LogP contribution in [0.4, 0.5) is 5.69 Å². The van der Waals surface area contributed by atoms with Crippen molar-refractivity contribution >= 4 is 40.3 Å². The van der Waals surface area contributed by atoms with Crippen molar-refractivity contribution in [2.75, 3.05) is 25.2 Å². The number of benzene rings is 2. The lowest BCUT2D eigenvalue weighted by molar-refractivity contribution is -0.139. The molecule has 1 spiro atoms. The highest BCUT2D eigenvalue weighted by molar-refractivity contribution is 8.15. The van der Waals surface area contributed by atoms with Gasteiger partial charge in [-0.3, -0.25) is 14.4 Å². The second-order valence-electron chi connectivity index (χ2n) is 7.94. The van der Waals surface area contributed by atoms with E-state index in [0.717, 1.165) is 23.0 Å². The summed E-state index contributed by atoms with van der Waals surface area (Å²) in [7, 11) is 1.58. The molecule has 2 heterocycles. The molecule has 4 rings (SSSR count). The summed E-state index contributed by atoms with van der Waals surface area (Å²) in [6.07, 6.45) is 0.553. The van der Waals surface area contributed by atoms with Gasteiger partial charge in [0.05, 0.1) is 19.4 Å². The maximum absolute atomic E-state index is 13.9. The van der Waals surface area contributed by atoms with Crippen molar-refractivity contribution in [1.82, 2.24) is 10.3 Å². The van der Waals surface area contributed by atoms with E-state index >= 15 is 0 Å². The smallest absolute Gasteiger partial charge is 0.270 e. The zero-order valence-corrected chi connectivity index (χ0v) is 20.3. The van der Waals surface area contributed by atoms with Gasteiger partial charge in [-0.15, -0.1) is 5.10 Å². The summed E-state index contributed by atoms with van der Waals surface area (Å²) in [5.74, 6) is 0.274. The third kappa shape index (κ3) is 3.98. The van der Waals surface area contributed by atoms with E-state index < -0.39 is 10.8 Å². The van der Waals surface area contributed by atoms with Crippen LogP contribution in [0.2, 0.25) is 0 Å². The van der Waals surface area contributed by atoms with Gasteiger partial charge in [-0.25, -0.2) is 0 Å². The number of thioether (sulfide) groups is 1. The Kier molecular flexibility index (Phi) is 6.52. The first-order chi connectivity index (χ1) is 16.3. The average molecular weight is 483 g/mol. The summed E-state index contributed by atoms with van der Waals surface area (Å²) in [6.45, 7) is 5.39. The first-order valence-electron chi connectivity index (χ1n) is 10.8. The first kappa shape index (κ1) is 23.6. The van der Waals surface area contributed by atoms with Crippen molar-refractivity contribution in [2.45, 2.75) is 32.1 Å². The Morgan fingerprint density at radius 3 is 2.53 bits per heavy atom. The molecule has 0 radical (unpaired) electrons. The molecule has 0 fully saturated rings. The number of amides is 3. The fourth-order valence-electron chi connectivity index (χ4n) is 4.21. The zero-order valence-electron chi connectivity index (χ0n) is 19.5. The van der Waals surface area contributed by atoms with Gasteiger partial charge < -0.3 is 19.7 Å². The Hall–Kier alpha value is -3.53. The number of nitrogens with one attached hydrogen (secondary N) is 1. The Labute approximate surface area is 202 Å². The Morgan fingerprint density at radius 2 is 1.85 bits per heavy atom. The van der Waals surface area contributed by atoms with Crippen molar-refractivity contribution < 1.29 is 23.9 Å². The fraction of sp³-hybridized carbons (Fsp3) is 0.333. The number of methoxy groups -OCH3 is 1. The predicted molar refractivity (Wildman–Crippen MR) is 130 cm³/mol. The Morgan fingerprint density at radius 1 is 1.12 bits per heavy atom. The van der Waals surface area contributed by atoms with Gasteiger partial charge in [-0.1, -0.05) is 30.3 Å². The number of carbonyl (C=O) groups excluding carboxylic acids is 3. The van der Waals surface area contributed by atoms with Crippen LogP contribution in [0.15, 0.2) is 47.6 Å². The third-order valence-corrected chi connectivity index (χ3v) is 6.82. The number of anilines is 1. The van der Waals surface area contributed by atoms with E-state index in [9.17, 15) is 14.4 Å². The molecule has 9 nitrogen and oxygen atoms in total. The quantitative estimate of drug-likeness (QED) is 0.636. The molecule has 0 bridgehead atoms. The van der Waals surface area contributed by atoms with E-state index in [2.05, 4.69) is 10.4 Å². The summed E-state index contributed by atoms with van der Waals surface area (Å²) >= 11 is 1.07. The number of aryl methyl sites for hydroxylation is 1. The van der Waals surface area contributed by atoms with Gasteiger partial charge in [0, 0.05) is 26.0 Å². The van der Waals surface area contributed by atoms with Crippen molar-refractivity contribution in [3.63, 3.8) is 0 Å². The summed E-state index contributed by atoms with van der Waals surface area (Å²) in [6, 6.07) is 13.0. The number of hydrogen-bond acceptors (Lipinski definition) is 7. The van der Waals surface area contributed by atoms with Gasteiger partial charge in [0.25, 0.3) is 5.91 Å². The number of hydrazone groups is 1. The van der Waals surface area contributed by atoms with Crippen LogP contribution in [0.25, 0.3) is 0 Å². The summed E-state index contributed by atoms with van der Waals surface area (Å²) in [4.78, 5) is 38.4. The minimum atomic E-state index is -1.39. The second-order valence-corrected chi connectivity index (χ2v) is 9.13. The number of ether oxygens (including phenoxy) is 2. The van der Waals surface area contributed by atoms with Crippen molar-refractivity contribution in [3.8, 4) is 11.5 Å². The number of rotatable bonds is 6. The third-order valence-electron chi connectivity index (χ3n) is 5.58. The summed E-state index contributed by atoms with van der Waals surface area (Å²) < 4.78 is 11.2. The molecule has 34 heavy (non-hydrogen) atoms. The first-order valence-corrected chi connectivity index (χ1v) is 11.6. The lowest BCUT2D eigenvalue weighted by Gasteiger charge is -2.29. The van der Waals surface area contributed by atoms with Gasteiger partial charge in [0.1, 0.15) is 0 Å². The van der Waals surface area contributed by atoms with Crippen LogP contribution < -0.4 is 19.7 Å². The van der Waals surface area contributed by atoms with Crippen molar-refractivity contribution in [1.29, 1.82) is 0 Å². The largest absolute Gasteiger partial charge is 0.493 e. The van der Waals surface area contributed by atoms with E-state index in [1.165, 1.54) is 18.9 Å². The van der Waals surface area contributed by atoms with E-state index in [4.69, 9.17) is 9.47 Å². The van der Waals surface area contributed by atoms with E-state index in [1.807, 2.05) is 49.4 Å². The molecule has 2 aliphatic heterocycles. The lowest BCUT2D eigenvalue weighted by atomic mass is 10.0. The van der Waals surface area contributed by atoms with Crippen molar-refractivity contribution in [3.05, 3.63) is 53.6 Å². The predicted octanol–water partition coefficient (Wildman–Crippen LogP) is 2.97. The van der Waals surface area contributed by atoms with Crippen LogP contribution >= 0.6 is 11.8 Å². The number of carbonyl (C=O) groups is 3. The van der Waals surface area contributed by atoms with Crippen LogP contribution in [0.5, 0.6) is 11.5 Å². The topological polar surface area (TPSA) is 101 Å². The highest BCUT2D eigenvalue weighted by Crippen LogP contribution is 2.55. The molecule has 0 saturated carbocycles. The molecule has 0 saturated heterocycles. The molecule has 3 amide bonds. The fourth-order valence-corrected chi connectivity index (χ4v) is 5.53. The molecule has 2 aromatic rings. The monoisotopic (exact) mass is 482 g/mol. The molecule has 178 valence electrons. The highest BCUT2D eigenvalue weighted by Gasteiger charge is 2.61. The molecule has 0 aromatic heterocycles. The summed E-state index contributed by atoms with van der Waals surface area (Å²) in [5, 5.41) is 8.28. The molecular formula is C24H26N4O5S. The Bertz CT molecular complexity index is 1180. The maximum Gasteiger partial charge on any atom is 0.270 e. The Balaban J connectivity index is 1.59. The maximum atomic E-state index is 13.9. The number of hydrogen-bond donors (Lipinski definition) is 1. The minimum absolute atomic E-state index is 0.213. The second kappa shape index (κ2) is 9.38. The van der Waals surface area contributed by atoms with E-state index in [1.54, 1.807) is 12.0 Å². The molecular weight excluding hydrogens is 456 g/mol. The standard InChI is InChI=1S/C24H26N4O5S/c1-15-9-7-10-18-21(15)27(13-8-14-33-20-12-6-5-11-19(20)32-4)22(31)24(18)28(17(3)30)26-23(34-24)25-16(2)29/h5-7,9-12H,8,13-14H2,1-4H3,(H,25,26,29)/t24-/m1/s1. The molecule has 10 heteroatoms. The molecule has 1 N–H and O–H groups in total. The average Bonchev–Trinajstić information content (AvgIpc) is 3.29.